The van der Waals surface area contributed by atoms with E-state index in [-0.39, 0.29) is 4.91 Å². The number of likely N-dealkylation sites (tertiary alicyclic amines) is 1. The van der Waals surface area contributed by atoms with Gasteiger partial charge in [0.15, 0.2) is 0 Å². The summed E-state index contributed by atoms with van der Waals surface area (Å²) in [7, 11) is -3.65. The van der Waals surface area contributed by atoms with Crippen molar-refractivity contribution in [3.63, 3.8) is 0 Å². The molecule has 0 N–H and O–H groups in total. The smallest absolute Gasteiger partial charge is 0.285 e. The normalized spacial score (nSPS) is 22.1. The molecule has 0 atom stereocenters. The molecule has 22 heavy (non-hydrogen) atoms. The third-order valence-electron chi connectivity index (χ3n) is 4.31. The Bertz CT molecular complexity index is 760. The molecular formula is C16H19ClN2O2S. The van der Waals surface area contributed by atoms with Crippen LogP contribution in [0.25, 0.3) is 4.91 Å². The summed E-state index contributed by atoms with van der Waals surface area (Å²) in [6, 6.07) is 6.93. The largest absolute Gasteiger partial charge is 0.356 e. The zero-order chi connectivity index (χ0) is 15.9. The van der Waals surface area contributed by atoms with E-state index >= 15 is 0 Å². The Morgan fingerprint density at radius 1 is 1.27 bits per heavy atom. The van der Waals surface area contributed by atoms with E-state index in [9.17, 15) is 8.42 Å². The number of amidine groups is 1. The van der Waals surface area contributed by atoms with Gasteiger partial charge in [-0.3, -0.25) is 0 Å². The molecule has 6 heteroatoms. The standard InChI is InChI=1S/C16H19ClN2O2S/c1-11-6-8-19(9-7-11)16-12(2)15(22(20,21)18-16)13-4-3-5-14(17)10-13/h3-5,10-11H,6-9H2,1-2H3. The van der Waals surface area contributed by atoms with Crippen LogP contribution in [0, 0.1) is 5.92 Å². The molecule has 0 amide bonds. The van der Waals surface area contributed by atoms with Gasteiger partial charge >= 0.3 is 0 Å². The van der Waals surface area contributed by atoms with Crippen LogP contribution < -0.4 is 0 Å². The van der Waals surface area contributed by atoms with E-state index in [0.717, 1.165) is 31.5 Å². The Kier molecular flexibility index (Phi) is 4.03. The molecule has 2 aliphatic rings. The summed E-state index contributed by atoms with van der Waals surface area (Å²) < 4.78 is 29.0. The fourth-order valence-electron chi connectivity index (χ4n) is 3.03. The van der Waals surface area contributed by atoms with Crippen LogP contribution in [0.3, 0.4) is 0 Å². The number of hydrogen-bond donors (Lipinski definition) is 0. The Balaban J connectivity index is 2.01. The number of rotatable bonds is 1. The number of nitrogens with zero attached hydrogens (tertiary/aromatic N) is 2. The molecule has 1 saturated heterocycles. The predicted molar refractivity (Wildman–Crippen MR) is 90.4 cm³/mol. The van der Waals surface area contributed by atoms with Crippen molar-refractivity contribution in [1.82, 2.24) is 4.90 Å². The highest BCUT2D eigenvalue weighted by Crippen LogP contribution is 2.35. The van der Waals surface area contributed by atoms with Crippen molar-refractivity contribution < 1.29 is 8.42 Å². The highest BCUT2D eigenvalue weighted by atomic mass is 35.5. The van der Waals surface area contributed by atoms with Gasteiger partial charge in [0.05, 0.1) is 0 Å². The predicted octanol–water partition coefficient (Wildman–Crippen LogP) is 3.54. The number of benzene rings is 1. The van der Waals surface area contributed by atoms with Crippen molar-refractivity contribution in [3.05, 3.63) is 40.4 Å². The molecule has 1 aromatic carbocycles. The number of hydrogen-bond acceptors (Lipinski definition) is 3. The summed E-state index contributed by atoms with van der Waals surface area (Å²) in [5, 5.41) is 0.522. The lowest BCUT2D eigenvalue weighted by atomic mass is 9.98. The maximum absolute atomic E-state index is 12.5. The summed E-state index contributed by atoms with van der Waals surface area (Å²) in [4.78, 5) is 2.37. The Hall–Kier alpha value is -1.33. The van der Waals surface area contributed by atoms with Crippen LogP contribution in [0.5, 0.6) is 0 Å². The van der Waals surface area contributed by atoms with Crippen molar-refractivity contribution in [2.24, 2.45) is 10.3 Å². The first-order valence-electron chi connectivity index (χ1n) is 7.45. The van der Waals surface area contributed by atoms with Gasteiger partial charge in [0, 0.05) is 23.7 Å². The minimum Gasteiger partial charge on any atom is -0.356 e. The molecule has 118 valence electrons. The molecule has 0 bridgehead atoms. The van der Waals surface area contributed by atoms with Crippen LogP contribution in [-0.2, 0) is 10.0 Å². The molecule has 2 heterocycles. The molecule has 3 rings (SSSR count). The number of sulfonamides is 1. The first kappa shape index (κ1) is 15.6. The second-order valence-corrected chi connectivity index (χ2v) is 8.00. The van der Waals surface area contributed by atoms with Gasteiger partial charge in [-0.05, 0) is 43.4 Å². The van der Waals surface area contributed by atoms with Gasteiger partial charge in [0.2, 0.25) is 0 Å². The molecule has 1 aromatic rings. The molecule has 1 fully saturated rings. The molecule has 0 unspecified atom stereocenters. The van der Waals surface area contributed by atoms with E-state index in [1.807, 2.05) is 6.92 Å². The molecule has 4 nitrogen and oxygen atoms in total. The van der Waals surface area contributed by atoms with Crippen molar-refractivity contribution in [2.75, 3.05) is 13.1 Å². The van der Waals surface area contributed by atoms with E-state index < -0.39 is 10.0 Å². The number of piperidine rings is 1. The molecule has 0 spiro atoms. The van der Waals surface area contributed by atoms with Crippen molar-refractivity contribution in [2.45, 2.75) is 26.7 Å². The molecule has 0 aromatic heterocycles. The van der Waals surface area contributed by atoms with Gasteiger partial charge < -0.3 is 4.90 Å². The topological polar surface area (TPSA) is 49.7 Å². The highest BCUT2D eigenvalue weighted by molar-refractivity contribution is 8.00. The maximum Gasteiger partial charge on any atom is 0.285 e. The first-order chi connectivity index (χ1) is 10.4. The summed E-state index contributed by atoms with van der Waals surface area (Å²) in [6.07, 6.45) is 2.14. The fraction of sp³-hybridized carbons (Fsp3) is 0.438. The zero-order valence-electron chi connectivity index (χ0n) is 12.7. The van der Waals surface area contributed by atoms with Gasteiger partial charge in [-0.25, -0.2) is 0 Å². The zero-order valence-corrected chi connectivity index (χ0v) is 14.3. The Labute approximate surface area is 136 Å². The maximum atomic E-state index is 12.5. The average Bonchev–Trinajstić information content (AvgIpc) is 2.69. The SMILES string of the molecule is CC1=C(c2cccc(Cl)c2)S(=O)(=O)N=C1N1CCC(C)CC1. The molecule has 0 radical (unpaired) electrons. The summed E-state index contributed by atoms with van der Waals surface area (Å²) in [6.45, 7) is 5.77. The third kappa shape index (κ3) is 2.79. The Morgan fingerprint density at radius 2 is 1.95 bits per heavy atom. The quantitative estimate of drug-likeness (QED) is 0.786. The van der Waals surface area contributed by atoms with Crippen LogP contribution in [0.4, 0.5) is 0 Å². The average molecular weight is 339 g/mol. The molecular weight excluding hydrogens is 320 g/mol. The van der Waals surface area contributed by atoms with Crippen LogP contribution >= 0.6 is 11.6 Å². The second-order valence-electron chi connectivity index (χ2n) is 6.02. The van der Waals surface area contributed by atoms with Gasteiger partial charge in [-0.15, -0.1) is 4.40 Å². The monoisotopic (exact) mass is 338 g/mol. The minimum absolute atomic E-state index is 0.281. The van der Waals surface area contributed by atoms with Crippen molar-refractivity contribution >= 4 is 32.4 Å². The second kappa shape index (κ2) is 5.70. The van der Waals surface area contributed by atoms with Gasteiger partial charge in [0.25, 0.3) is 10.0 Å². The molecule has 0 saturated carbocycles. The number of halogens is 1. The lowest BCUT2D eigenvalue weighted by Crippen LogP contribution is -2.37. The third-order valence-corrected chi connectivity index (χ3v) is 6.02. The lowest BCUT2D eigenvalue weighted by Gasteiger charge is -2.31. The van der Waals surface area contributed by atoms with E-state index in [4.69, 9.17) is 11.6 Å². The van der Waals surface area contributed by atoms with Crippen molar-refractivity contribution in [1.29, 1.82) is 0 Å². The molecule has 2 aliphatic heterocycles. The van der Waals surface area contributed by atoms with Gasteiger partial charge in [-0.1, -0.05) is 30.7 Å². The summed E-state index contributed by atoms with van der Waals surface area (Å²) in [5.74, 6) is 1.29. The van der Waals surface area contributed by atoms with E-state index in [1.165, 1.54) is 0 Å². The van der Waals surface area contributed by atoms with Crippen molar-refractivity contribution in [3.8, 4) is 0 Å². The minimum atomic E-state index is -3.65. The van der Waals surface area contributed by atoms with Crippen LogP contribution in [0.1, 0.15) is 32.3 Å². The van der Waals surface area contributed by atoms with E-state index in [2.05, 4.69) is 16.2 Å². The fourth-order valence-corrected chi connectivity index (χ4v) is 4.70. The van der Waals surface area contributed by atoms with Gasteiger partial charge in [-0.2, -0.15) is 8.42 Å². The van der Waals surface area contributed by atoms with Gasteiger partial charge in [0.1, 0.15) is 10.7 Å². The molecule has 0 aliphatic carbocycles. The van der Waals surface area contributed by atoms with E-state index in [0.29, 0.717) is 22.3 Å². The summed E-state index contributed by atoms with van der Waals surface area (Å²) in [5.41, 5.74) is 1.32. The van der Waals surface area contributed by atoms with E-state index in [1.54, 1.807) is 24.3 Å². The Morgan fingerprint density at radius 3 is 2.59 bits per heavy atom. The van der Waals surface area contributed by atoms with Crippen LogP contribution in [0.15, 0.2) is 34.2 Å². The first-order valence-corrected chi connectivity index (χ1v) is 9.27. The highest BCUT2D eigenvalue weighted by Gasteiger charge is 2.34. The van der Waals surface area contributed by atoms with Crippen LogP contribution in [-0.4, -0.2) is 32.2 Å². The van der Waals surface area contributed by atoms with Crippen LogP contribution in [0.2, 0.25) is 5.02 Å². The lowest BCUT2D eigenvalue weighted by molar-refractivity contribution is 0.281. The summed E-state index contributed by atoms with van der Waals surface area (Å²) >= 11 is 6.00.